The van der Waals surface area contributed by atoms with E-state index in [4.69, 9.17) is 4.74 Å². The van der Waals surface area contributed by atoms with Crippen molar-refractivity contribution in [2.45, 2.75) is 68.7 Å². The Bertz CT molecular complexity index is 835. The number of alkyl halides is 3. The molecule has 1 aromatic rings. The number of ether oxygens (including phenoxy) is 1. The van der Waals surface area contributed by atoms with Crippen LogP contribution in [0.15, 0.2) is 17.0 Å². The minimum atomic E-state index is -4.41. The van der Waals surface area contributed by atoms with Gasteiger partial charge in [0.2, 0.25) is 0 Å². The summed E-state index contributed by atoms with van der Waals surface area (Å²) in [6, 6.07) is 3.08. The number of aryl methyl sites for hydroxylation is 1. The van der Waals surface area contributed by atoms with Crippen molar-refractivity contribution in [3.05, 3.63) is 23.3 Å². The van der Waals surface area contributed by atoms with Crippen molar-refractivity contribution in [2.75, 3.05) is 0 Å². The molecule has 0 aliphatic heterocycles. The predicted molar refractivity (Wildman–Crippen MR) is 99.3 cm³/mol. The summed E-state index contributed by atoms with van der Waals surface area (Å²) in [4.78, 5) is 23.9. The molecule has 0 amide bonds. The van der Waals surface area contributed by atoms with Gasteiger partial charge >= 0.3 is 11.5 Å². The Labute approximate surface area is 166 Å². The van der Waals surface area contributed by atoms with Crippen molar-refractivity contribution in [3.63, 3.8) is 0 Å². The zero-order valence-corrected chi connectivity index (χ0v) is 16.7. The van der Waals surface area contributed by atoms with Gasteiger partial charge in [-0.15, -0.1) is 0 Å². The summed E-state index contributed by atoms with van der Waals surface area (Å²) in [5, 5.41) is 0. The molecule has 2 saturated carbocycles. The summed E-state index contributed by atoms with van der Waals surface area (Å²) in [6.07, 6.45) is 4.42. The largest absolute Gasteiger partial charge is 0.446 e. The number of hydrogen-bond donors (Lipinski definition) is 0. The number of carbonyl (C=O) groups excluding carboxylic acids is 2. The number of carbonyl (C=O) groups is 2. The normalized spacial score (nSPS) is 31.8. The Hall–Kier alpha value is -1.50. The molecule has 28 heavy (non-hydrogen) atoms. The topological polar surface area (TPSA) is 43.4 Å². The van der Waals surface area contributed by atoms with Gasteiger partial charge in [0.15, 0.2) is 0 Å². The maximum atomic E-state index is 13.3. The molecule has 0 saturated heterocycles. The van der Waals surface area contributed by atoms with Gasteiger partial charge in [-0.1, -0.05) is 6.92 Å². The minimum Gasteiger partial charge on any atom is -0.427 e. The Morgan fingerprint density at radius 1 is 1.21 bits per heavy atom. The average Bonchev–Trinajstić information content (AvgIpc) is 2.87. The molecule has 7 heteroatoms. The highest BCUT2D eigenvalue weighted by Crippen LogP contribution is 2.61. The molecule has 4 atom stereocenters. The van der Waals surface area contributed by atoms with E-state index < -0.39 is 11.5 Å². The molecular formula is C21H23F3O3S. The molecule has 3 aliphatic rings. The molecule has 3 aliphatic carbocycles. The van der Waals surface area contributed by atoms with Crippen LogP contribution in [0.2, 0.25) is 0 Å². The van der Waals surface area contributed by atoms with Crippen molar-refractivity contribution in [3.8, 4) is 5.75 Å². The van der Waals surface area contributed by atoms with Crippen molar-refractivity contribution in [1.82, 2.24) is 0 Å². The molecule has 2 fully saturated rings. The molecule has 0 bridgehead atoms. The summed E-state index contributed by atoms with van der Waals surface area (Å²) in [6.45, 7) is 3.29. The molecule has 1 aromatic carbocycles. The SMILES string of the molecule is CC(=O)Oc1cc2c(c(SC(F)(F)F)c1)[C@H]1CC[C@]3(C)C(=O)CC[C@H]3[C@@H]1CC2. The molecule has 0 radical (unpaired) electrons. The Balaban J connectivity index is 1.76. The Morgan fingerprint density at radius 2 is 1.96 bits per heavy atom. The number of benzene rings is 1. The van der Waals surface area contributed by atoms with Gasteiger partial charge in [0.05, 0.1) is 0 Å². The fourth-order valence-corrected chi connectivity index (χ4v) is 6.68. The first-order chi connectivity index (χ1) is 13.1. The smallest absolute Gasteiger partial charge is 0.427 e. The Kier molecular flexibility index (Phi) is 4.80. The number of hydrogen-bond acceptors (Lipinski definition) is 4. The fourth-order valence-electron chi connectivity index (χ4n) is 5.86. The third kappa shape index (κ3) is 3.36. The van der Waals surface area contributed by atoms with Gasteiger partial charge < -0.3 is 4.74 Å². The van der Waals surface area contributed by atoms with Crippen LogP contribution in [0.3, 0.4) is 0 Å². The molecule has 152 valence electrons. The number of fused-ring (bicyclic) bond motifs is 5. The van der Waals surface area contributed by atoms with Crippen LogP contribution in [0.5, 0.6) is 5.75 Å². The van der Waals surface area contributed by atoms with Crippen LogP contribution >= 0.6 is 11.8 Å². The third-order valence-electron chi connectivity index (χ3n) is 6.95. The molecule has 0 aromatic heterocycles. The van der Waals surface area contributed by atoms with Gasteiger partial charge in [0, 0.05) is 23.7 Å². The van der Waals surface area contributed by atoms with E-state index in [0.717, 1.165) is 36.8 Å². The van der Waals surface area contributed by atoms with Gasteiger partial charge in [-0.25, -0.2) is 0 Å². The van der Waals surface area contributed by atoms with Crippen LogP contribution in [0, 0.1) is 17.3 Å². The van der Waals surface area contributed by atoms with E-state index in [9.17, 15) is 22.8 Å². The highest BCUT2D eigenvalue weighted by Gasteiger charge is 2.55. The second-order valence-electron chi connectivity index (χ2n) is 8.47. The maximum absolute atomic E-state index is 13.3. The summed E-state index contributed by atoms with van der Waals surface area (Å²) >= 11 is -0.121. The molecule has 0 N–H and O–H groups in total. The molecule has 0 unspecified atom stereocenters. The first-order valence-electron chi connectivity index (χ1n) is 9.73. The van der Waals surface area contributed by atoms with E-state index in [-0.39, 0.29) is 45.6 Å². The average molecular weight is 412 g/mol. The first-order valence-corrected chi connectivity index (χ1v) is 10.5. The number of ketones is 1. The molecule has 4 rings (SSSR count). The third-order valence-corrected chi connectivity index (χ3v) is 7.74. The van der Waals surface area contributed by atoms with Crippen molar-refractivity contribution in [1.29, 1.82) is 0 Å². The van der Waals surface area contributed by atoms with Crippen LogP contribution < -0.4 is 4.74 Å². The van der Waals surface area contributed by atoms with Crippen molar-refractivity contribution in [2.24, 2.45) is 17.3 Å². The predicted octanol–water partition coefficient (Wildman–Crippen LogP) is 5.65. The van der Waals surface area contributed by atoms with E-state index in [1.54, 1.807) is 6.07 Å². The summed E-state index contributed by atoms with van der Waals surface area (Å²) in [7, 11) is 0. The van der Waals surface area contributed by atoms with E-state index in [1.165, 1.54) is 13.0 Å². The van der Waals surface area contributed by atoms with Crippen LogP contribution in [0.4, 0.5) is 13.2 Å². The maximum Gasteiger partial charge on any atom is 0.446 e. The number of Topliss-reactive ketones (excluding diaryl/α,β-unsaturated/α-hetero) is 1. The van der Waals surface area contributed by atoms with Crippen LogP contribution in [0.25, 0.3) is 0 Å². The van der Waals surface area contributed by atoms with Gasteiger partial charge in [-0.3, -0.25) is 9.59 Å². The van der Waals surface area contributed by atoms with Gasteiger partial charge in [0.25, 0.3) is 0 Å². The van der Waals surface area contributed by atoms with Crippen LogP contribution in [0.1, 0.15) is 63.0 Å². The zero-order valence-electron chi connectivity index (χ0n) is 15.9. The number of rotatable bonds is 2. The summed E-state index contributed by atoms with van der Waals surface area (Å²) in [5.41, 5.74) is -3.12. The van der Waals surface area contributed by atoms with E-state index in [2.05, 4.69) is 0 Å². The zero-order chi connectivity index (χ0) is 20.3. The molecule has 0 spiro atoms. The monoisotopic (exact) mass is 412 g/mol. The minimum absolute atomic E-state index is 0.0314. The molecular weight excluding hydrogens is 389 g/mol. The quantitative estimate of drug-likeness (QED) is 0.358. The van der Waals surface area contributed by atoms with Crippen LogP contribution in [-0.4, -0.2) is 17.3 Å². The standard InChI is InChI=1S/C21H23F3O3S/c1-11(25)27-13-9-12-3-4-14-15(19(12)17(10-13)28-21(22,23)24)7-8-20(2)16(14)5-6-18(20)26/h9-10,14-16H,3-8H2,1-2H3/t14-,15+,16+,20+/m1/s1. The number of esters is 1. The van der Waals surface area contributed by atoms with Gasteiger partial charge in [-0.05, 0) is 84.9 Å². The molecule has 0 heterocycles. The fraction of sp³-hybridized carbons (Fsp3) is 0.619. The van der Waals surface area contributed by atoms with E-state index in [0.29, 0.717) is 18.6 Å². The lowest BCUT2D eigenvalue weighted by Gasteiger charge is -2.48. The van der Waals surface area contributed by atoms with E-state index >= 15 is 0 Å². The van der Waals surface area contributed by atoms with Gasteiger partial charge in [-0.2, -0.15) is 13.2 Å². The Morgan fingerprint density at radius 3 is 2.64 bits per heavy atom. The second kappa shape index (κ2) is 6.78. The van der Waals surface area contributed by atoms with Crippen molar-refractivity contribution >= 4 is 23.5 Å². The summed E-state index contributed by atoms with van der Waals surface area (Å²) in [5.74, 6) is 0.470. The number of halogens is 3. The summed E-state index contributed by atoms with van der Waals surface area (Å²) < 4.78 is 44.9. The highest BCUT2D eigenvalue weighted by atomic mass is 32.2. The van der Waals surface area contributed by atoms with Crippen molar-refractivity contribution < 1.29 is 27.5 Å². The van der Waals surface area contributed by atoms with E-state index in [1.807, 2.05) is 6.92 Å². The highest BCUT2D eigenvalue weighted by molar-refractivity contribution is 8.00. The lowest BCUT2D eigenvalue weighted by atomic mass is 9.55. The lowest BCUT2D eigenvalue weighted by Crippen LogP contribution is -2.42. The van der Waals surface area contributed by atoms with Gasteiger partial charge in [0.1, 0.15) is 11.5 Å². The first kappa shape index (κ1) is 19.8. The van der Waals surface area contributed by atoms with Crippen LogP contribution in [-0.2, 0) is 16.0 Å². The second-order valence-corrected chi connectivity index (χ2v) is 9.58. The number of thioether (sulfide) groups is 1. The lowest BCUT2D eigenvalue weighted by molar-refractivity contribution is -0.132. The molecule has 3 nitrogen and oxygen atoms in total.